The Morgan fingerprint density at radius 2 is 2.09 bits per heavy atom. The van der Waals surface area contributed by atoms with Gasteiger partial charge in [0.2, 0.25) is 12.7 Å². The van der Waals surface area contributed by atoms with Crippen LogP contribution < -0.4 is 9.47 Å². The number of ether oxygens (including phenoxy) is 2. The van der Waals surface area contributed by atoms with Crippen molar-refractivity contribution in [3.63, 3.8) is 0 Å². The van der Waals surface area contributed by atoms with Crippen LogP contribution in [0.1, 0.15) is 45.8 Å². The number of thiazole rings is 1. The number of hydrogen-bond donors (Lipinski definition) is 0. The van der Waals surface area contributed by atoms with Crippen molar-refractivity contribution in [2.24, 2.45) is 5.92 Å². The van der Waals surface area contributed by atoms with E-state index in [1.807, 2.05) is 33.2 Å². The lowest BCUT2D eigenvalue weighted by molar-refractivity contribution is -0.131. The molecule has 6 rings (SSSR count). The highest BCUT2D eigenvalue weighted by Crippen LogP contribution is 2.34. The van der Waals surface area contributed by atoms with E-state index in [0.717, 1.165) is 29.1 Å². The van der Waals surface area contributed by atoms with E-state index in [0.29, 0.717) is 49.2 Å². The minimum atomic E-state index is -0.131. The minimum Gasteiger partial charge on any atom is -0.454 e. The summed E-state index contributed by atoms with van der Waals surface area (Å²) in [6, 6.07) is 5.61. The van der Waals surface area contributed by atoms with Crippen LogP contribution in [0.25, 0.3) is 0 Å². The Morgan fingerprint density at radius 1 is 1.23 bits per heavy atom. The van der Waals surface area contributed by atoms with Crippen LogP contribution in [0.2, 0.25) is 0 Å². The number of amides is 2. The van der Waals surface area contributed by atoms with Crippen LogP contribution in [0.4, 0.5) is 0 Å². The van der Waals surface area contributed by atoms with E-state index in [1.54, 1.807) is 17.5 Å². The van der Waals surface area contributed by atoms with Crippen molar-refractivity contribution >= 4 is 23.2 Å². The molecule has 1 aromatic carbocycles. The second-order valence-corrected chi connectivity index (χ2v) is 10.2. The van der Waals surface area contributed by atoms with E-state index < -0.39 is 0 Å². The highest BCUT2D eigenvalue weighted by Gasteiger charge is 2.33. The Morgan fingerprint density at radius 3 is 2.89 bits per heavy atom. The third-order valence-corrected chi connectivity index (χ3v) is 7.47. The fraction of sp³-hybridized carbons (Fsp3) is 0.440. The summed E-state index contributed by atoms with van der Waals surface area (Å²) in [4.78, 5) is 34.5. The fourth-order valence-electron chi connectivity index (χ4n) is 4.72. The Bertz CT molecular complexity index is 1270. The fourth-order valence-corrected chi connectivity index (χ4v) is 5.27. The predicted molar refractivity (Wildman–Crippen MR) is 128 cm³/mol. The highest BCUT2D eigenvalue weighted by molar-refractivity contribution is 7.07. The molecule has 9 nitrogen and oxygen atoms in total. The normalized spacial score (nSPS) is 16.3. The lowest BCUT2D eigenvalue weighted by Crippen LogP contribution is -2.38. The second kappa shape index (κ2) is 8.99. The molecular formula is C25H27N5O4S. The lowest BCUT2D eigenvalue weighted by Gasteiger charge is -2.28. The smallest absolute Gasteiger partial charge is 0.274 e. The van der Waals surface area contributed by atoms with Gasteiger partial charge in [-0.25, -0.2) is 4.98 Å². The molecule has 0 N–H and O–H groups in total. The molecular weight excluding hydrogens is 466 g/mol. The molecule has 1 fully saturated rings. The van der Waals surface area contributed by atoms with Crippen LogP contribution >= 0.6 is 11.3 Å². The molecule has 35 heavy (non-hydrogen) atoms. The van der Waals surface area contributed by atoms with Gasteiger partial charge in [0.25, 0.3) is 5.91 Å². The second-order valence-electron chi connectivity index (χ2n) is 9.47. The maximum absolute atomic E-state index is 13.4. The zero-order valence-corrected chi connectivity index (χ0v) is 20.4. The first-order chi connectivity index (χ1) is 17.0. The summed E-state index contributed by atoms with van der Waals surface area (Å²) in [5.74, 6) is 1.92. The molecule has 0 radical (unpaired) electrons. The standard InChI is InChI=1S/C25H27N5O4S/c1-28(11-18-13-35-14-26-18)25(32)24-19-12-29(7-6-20(19)30(27-24)10-16-2-3-16)23(31)9-17-4-5-21-22(8-17)34-15-33-21/h4-5,8,13-14,16H,2-3,6-7,9-12,15H2,1H3. The van der Waals surface area contributed by atoms with Crippen molar-refractivity contribution < 1.29 is 19.1 Å². The molecule has 182 valence electrons. The molecule has 0 saturated heterocycles. The van der Waals surface area contributed by atoms with Crippen molar-refractivity contribution in [1.29, 1.82) is 0 Å². The molecule has 4 heterocycles. The van der Waals surface area contributed by atoms with Gasteiger partial charge in [0.15, 0.2) is 17.2 Å². The molecule has 1 aliphatic carbocycles. The van der Waals surface area contributed by atoms with Crippen LogP contribution in [-0.2, 0) is 37.3 Å². The SMILES string of the molecule is CN(Cc1cscn1)C(=O)c1nn(CC2CC2)c2c1CN(C(=O)Cc1ccc3c(c1)OCO3)CC2. The number of nitrogens with zero attached hydrogens (tertiary/aromatic N) is 5. The monoisotopic (exact) mass is 493 g/mol. The quantitative estimate of drug-likeness (QED) is 0.503. The minimum absolute atomic E-state index is 0.0266. The lowest BCUT2D eigenvalue weighted by atomic mass is 10.0. The molecule has 2 aliphatic heterocycles. The van der Waals surface area contributed by atoms with Gasteiger partial charge in [0.05, 0.1) is 24.2 Å². The van der Waals surface area contributed by atoms with Gasteiger partial charge in [-0.2, -0.15) is 5.10 Å². The molecule has 0 bridgehead atoms. The van der Waals surface area contributed by atoms with Crippen molar-refractivity contribution in [2.45, 2.75) is 45.3 Å². The average Bonchev–Trinajstić information content (AvgIpc) is 3.23. The number of carbonyl (C=O) groups excluding carboxylic acids is 2. The van der Waals surface area contributed by atoms with Crippen LogP contribution in [0.15, 0.2) is 29.1 Å². The Balaban J connectivity index is 1.22. The Hall–Kier alpha value is -3.40. The van der Waals surface area contributed by atoms with E-state index in [-0.39, 0.29) is 25.0 Å². The van der Waals surface area contributed by atoms with Crippen molar-refractivity contribution in [2.75, 3.05) is 20.4 Å². The molecule has 0 unspecified atom stereocenters. The first kappa shape index (κ1) is 22.1. The summed E-state index contributed by atoms with van der Waals surface area (Å²) in [6.07, 6.45) is 3.39. The van der Waals surface area contributed by atoms with Crippen molar-refractivity contribution in [1.82, 2.24) is 24.6 Å². The molecule has 2 amide bonds. The van der Waals surface area contributed by atoms with E-state index in [2.05, 4.69) is 4.98 Å². The average molecular weight is 494 g/mol. The maximum atomic E-state index is 13.4. The Labute approximate surface area is 207 Å². The summed E-state index contributed by atoms with van der Waals surface area (Å²) in [7, 11) is 1.78. The van der Waals surface area contributed by atoms with Gasteiger partial charge in [0, 0.05) is 49.7 Å². The highest BCUT2D eigenvalue weighted by atomic mass is 32.1. The number of hydrogen-bond acceptors (Lipinski definition) is 7. The predicted octanol–water partition coefficient (Wildman–Crippen LogP) is 2.88. The van der Waals surface area contributed by atoms with E-state index in [9.17, 15) is 9.59 Å². The summed E-state index contributed by atoms with van der Waals surface area (Å²) in [5, 5.41) is 6.72. The summed E-state index contributed by atoms with van der Waals surface area (Å²) >= 11 is 1.51. The van der Waals surface area contributed by atoms with Crippen LogP contribution in [0.5, 0.6) is 11.5 Å². The zero-order valence-electron chi connectivity index (χ0n) is 19.6. The van der Waals surface area contributed by atoms with Gasteiger partial charge in [-0.1, -0.05) is 6.07 Å². The third kappa shape index (κ3) is 4.50. The number of benzene rings is 1. The van der Waals surface area contributed by atoms with E-state index >= 15 is 0 Å². The summed E-state index contributed by atoms with van der Waals surface area (Å²) in [5.41, 5.74) is 5.94. The van der Waals surface area contributed by atoms with Gasteiger partial charge in [0.1, 0.15) is 0 Å². The van der Waals surface area contributed by atoms with Crippen LogP contribution in [0, 0.1) is 5.92 Å². The Kier molecular flexibility index (Phi) is 5.68. The molecule has 2 aromatic heterocycles. The van der Waals surface area contributed by atoms with Crippen molar-refractivity contribution in [3.8, 4) is 11.5 Å². The van der Waals surface area contributed by atoms with E-state index in [4.69, 9.17) is 14.6 Å². The van der Waals surface area contributed by atoms with Gasteiger partial charge >= 0.3 is 0 Å². The summed E-state index contributed by atoms with van der Waals surface area (Å²) in [6.45, 7) is 2.50. The third-order valence-electron chi connectivity index (χ3n) is 6.84. The molecule has 3 aliphatic rings. The first-order valence-electron chi connectivity index (χ1n) is 11.9. The number of rotatable bonds is 7. The topological polar surface area (TPSA) is 89.8 Å². The largest absolute Gasteiger partial charge is 0.454 e. The molecule has 0 spiro atoms. The van der Waals surface area contributed by atoms with Gasteiger partial charge in [-0.15, -0.1) is 11.3 Å². The summed E-state index contributed by atoms with van der Waals surface area (Å²) < 4.78 is 12.8. The number of aromatic nitrogens is 3. The first-order valence-corrected chi connectivity index (χ1v) is 12.9. The maximum Gasteiger partial charge on any atom is 0.274 e. The number of fused-ring (bicyclic) bond motifs is 2. The van der Waals surface area contributed by atoms with Crippen molar-refractivity contribution in [3.05, 3.63) is 57.3 Å². The molecule has 10 heteroatoms. The van der Waals surface area contributed by atoms with Gasteiger partial charge in [-0.05, 0) is 36.5 Å². The van der Waals surface area contributed by atoms with Crippen LogP contribution in [0.3, 0.4) is 0 Å². The number of carbonyl (C=O) groups is 2. The molecule has 0 atom stereocenters. The van der Waals surface area contributed by atoms with E-state index in [1.165, 1.54) is 24.2 Å². The molecule has 3 aromatic rings. The van der Waals surface area contributed by atoms with Crippen LogP contribution in [-0.4, -0.2) is 56.8 Å². The zero-order chi connectivity index (χ0) is 23.9. The van der Waals surface area contributed by atoms with Gasteiger partial charge < -0.3 is 19.3 Å². The van der Waals surface area contributed by atoms with Gasteiger partial charge in [-0.3, -0.25) is 14.3 Å². The molecule has 1 saturated carbocycles.